The highest BCUT2D eigenvalue weighted by Crippen LogP contribution is 2.10. The number of hydrogen-bond acceptors (Lipinski definition) is 4. The molecule has 0 bridgehead atoms. The van der Waals surface area contributed by atoms with Gasteiger partial charge in [0, 0.05) is 19.7 Å². The molecule has 5 heteroatoms. The van der Waals surface area contributed by atoms with Crippen LogP contribution < -0.4 is 0 Å². The highest BCUT2D eigenvalue weighted by molar-refractivity contribution is 6.30. The Morgan fingerprint density at radius 1 is 1.69 bits per heavy atom. The molecule has 0 aliphatic rings. The third kappa shape index (κ3) is 2.65. The minimum Gasteiger partial charge on any atom is -0.384 e. The minimum atomic E-state index is 0.198. The van der Waals surface area contributed by atoms with Gasteiger partial charge >= 0.3 is 0 Å². The van der Waals surface area contributed by atoms with Gasteiger partial charge in [-0.3, -0.25) is 0 Å². The molecule has 1 rings (SSSR count). The normalized spacial score (nSPS) is 9.62. The molecule has 0 amide bonds. The summed E-state index contributed by atoms with van der Waals surface area (Å²) >= 11 is 5.69. The molecular formula is C8H8ClN3O. The lowest BCUT2D eigenvalue weighted by atomic mass is 10.3. The summed E-state index contributed by atoms with van der Waals surface area (Å²) in [5, 5.41) is 8.74. The molecule has 0 N–H and O–H groups in total. The molecule has 0 atom stereocenters. The number of nitrogens with zero attached hydrogens (tertiary/aromatic N) is 3. The summed E-state index contributed by atoms with van der Waals surface area (Å²) in [6.45, 7) is 0.544. The third-order valence-electron chi connectivity index (χ3n) is 1.44. The summed E-state index contributed by atoms with van der Waals surface area (Å²) in [5.41, 5.74) is 0.294. The Balaban J connectivity index is 2.79. The first kappa shape index (κ1) is 9.90. The van der Waals surface area contributed by atoms with Crippen molar-refractivity contribution < 1.29 is 4.74 Å². The summed E-state index contributed by atoms with van der Waals surface area (Å²) in [7, 11) is 1.60. The number of rotatable bonds is 3. The van der Waals surface area contributed by atoms with Gasteiger partial charge in [0.2, 0.25) is 0 Å². The van der Waals surface area contributed by atoms with Gasteiger partial charge in [-0.1, -0.05) is 11.6 Å². The average Bonchev–Trinajstić information content (AvgIpc) is 2.15. The standard InChI is InChI=1S/C8H8ClN3O/c1-13-3-2-7-11-5-6(4-10)8(9)12-7/h5H,2-3H2,1H3. The van der Waals surface area contributed by atoms with E-state index < -0.39 is 0 Å². The highest BCUT2D eigenvalue weighted by atomic mass is 35.5. The number of aromatic nitrogens is 2. The molecular weight excluding hydrogens is 190 g/mol. The molecule has 0 aliphatic heterocycles. The maximum Gasteiger partial charge on any atom is 0.150 e. The van der Waals surface area contributed by atoms with Crippen molar-refractivity contribution in [1.29, 1.82) is 5.26 Å². The molecule has 0 radical (unpaired) electrons. The first-order valence-corrected chi connectivity index (χ1v) is 4.06. The summed E-state index contributed by atoms with van der Waals surface area (Å²) in [6, 6.07) is 1.89. The summed E-state index contributed by atoms with van der Waals surface area (Å²) < 4.78 is 4.85. The van der Waals surface area contributed by atoms with Crippen LogP contribution in [0.1, 0.15) is 11.4 Å². The minimum absolute atomic E-state index is 0.198. The maximum atomic E-state index is 8.55. The zero-order valence-corrected chi connectivity index (χ0v) is 7.88. The van der Waals surface area contributed by atoms with E-state index in [9.17, 15) is 0 Å². The molecule has 0 fully saturated rings. The predicted molar refractivity (Wildman–Crippen MR) is 47.3 cm³/mol. The van der Waals surface area contributed by atoms with E-state index in [0.29, 0.717) is 24.4 Å². The molecule has 0 aromatic carbocycles. The van der Waals surface area contributed by atoms with E-state index in [1.807, 2.05) is 6.07 Å². The van der Waals surface area contributed by atoms with Gasteiger partial charge in [-0.05, 0) is 0 Å². The number of hydrogen-bond donors (Lipinski definition) is 0. The number of ether oxygens (including phenoxy) is 1. The van der Waals surface area contributed by atoms with E-state index in [1.54, 1.807) is 7.11 Å². The van der Waals surface area contributed by atoms with Gasteiger partial charge in [0.1, 0.15) is 17.5 Å². The molecule has 4 nitrogen and oxygen atoms in total. The van der Waals surface area contributed by atoms with Gasteiger partial charge in [-0.2, -0.15) is 5.26 Å². The Morgan fingerprint density at radius 3 is 3.00 bits per heavy atom. The molecule has 13 heavy (non-hydrogen) atoms. The zero-order chi connectivity index (χ0) is 9.68. The van der Waals surface area contributed by atoms with E-state index >= 15 is 0 Å². The smallest absolute Gasteiger partial charge is 0.150 e. The van der Waals surface area contributed by atoms with E-state index in [-0.39, 0.29) is 5.15 Å². The molecule has 1 heterocycles. The molecule has 0 aliphatic carbocycles. The quantitative estimate of drug-likeness (QED) is 0.683. The Kier molecular flexibility index (Phi) is 3.62. The molecule has 1 aromatic heterocycles. The van der Waals surface area contributed by atoms with E-state index in [4.69, 9.17) is 21.6 Å². The van der Waals surface area contributed by atoms with E-state index in [2.05, 4.69) is 9.97 Å². The van der Waals surface area contributed by atoms with E-state index in [0.717, 1.165) is 0 Å². The van der Waals surface area contributed by atoms with Gasteiger partial charge in [0.25, 0.3) is 0 Å². The van der Waals surface area contributed by atoms with Crippen molar-refractivity contribution in [2.24, 2.45) is 0 Å². The lowest BCUT2D eigenvalue weighted by Crippen LogP contribution is -2.01. The van der Waals surface area contributed by atoms with Gasteiger partial charge in [-0.25, -0.2) is 9.97 Å². The first-order valence-electron chi connectivity index (χ1n) is 3.68. The Bertz CT molecular complexity index is 335. The lowest BCUT2D eigenvalue weighted by molar-refractivity contribution is 0.200. The zero-order valence-electron chi connectivity index (χ0n) is 7.12. The fourth-order valence-electron chi connectivity index (χ4n) is 0.784. The van der Waals surface area contributed by atoms with Crippen molar-refractivity contribution in [1.82, 2.24) is 9.97 Å². The summed E-state index contributed by atoms with van der Waals surface area (Å²) in [6.07, 6.45) is 2.02. The second kappa shape index (κ2) is 4.75. The van der Waals surface area contributed by atoms with Gasteiger partial charge in [0.05, 0.1) is 6.61 Å². The van der Waals surface area contributed by atoms with Crippen LogP contribution in [0.25, 0.3) is 0 Å². The van der Waals surface area contributed by atoms with Crippen LogP contribution in [0.5, 0.6) is 0 Å². The van der Waals surface area contributed by atoms with Crippen molar-refractivity contribution >= 4 is 11.6 Å². The fraction of sp³-hybridized carbons (Fsp3) is 0.375. The molecule has 0 unspecified atom stereocenters. The Morgan fingerprint density at radius 2 is 2.46 bits per heavy atom. The summed E-state index contributed by atoms with van der Waals surface area (Å²) in [5.74, 6) is 0.589. The molecule has 0 spiro atoms. The second-order valence-corrected chi connectivity index (χ2v) is 2.70. The van der Waals surface area contributed by atoms with Crippen LogP contribution in [0.15, 0.2) is 6.20 Å². The Hall–Kier alpha value is -1.18. The third-order valence-corrected chi connectivity index (χ3v) is 1.73. The van der Waals surface area contributed by atoms with Gasteiger partial charge in [0.15, 0.2) is 5.15 Å². The van der Waals surface area contributed by atoms with Crippen LogP contribution in [-0.4, -0.2) is 23.7 Å². The van der Waals surface area contributed by atoms with Crippen molar-refractivity contribution in [3.63, 3.8) is 0 Å². The second-order valence-electron chi connectivity index (χ2n) is 2.35. The molecule has 0 saturated carbocycles. The monoisotopic (exact) mass is 197 g/mol. The highest BCUT2D eigenvalue weighted by Gasteiger charge is 2.03. The number of nitriles is 1. The van der Waals surface area contributed by atoms with Crippen molar-refractivity contribution in [3.8, 4) is 6.07 Å². The van der Waals surface area contributed by atoms with Crippen LogP contribution in [0, 0.1) is 11.3 Å². The van der Waals surface area contributed by atoms with Crippen LogP contribution in [0.3, 0.4) is 0 Å². The lowest BCUT2D eigenvalue weighted by Gasteiger charge is -1.99. The van der Waals surface area contributed by atoms with Crippen LogP contribution in [-0.2, 0) is 11.2 Å². The van der Waals surface area contributed by atoms with E-state index in [1.165, 1.54) is 6.20 Å². The SMILES string of the molecule is COCCc1ncc(C#N)c(Cl)n1. The maximum absolute atomic E-state index is 8.55. The van der Waals surface area contributed by atoms with Crippen molar-refractivity contribution in [2.75, 3.05) is 13.7 Å². The molecule has 1 aromatic rings. The Labute approximate surface area is 81.1 Å². The van der Waals surface area contributed by atoms with Crippen molar-refractivity contribution in [3.05, 3.63) is 22.7 Å². The largest absolute Gasteiger partial charge is 0.384 e. The number of halogens is 1. The topological polar surface area (TPSA) is 58.8 Å². The fourth-order valence-corrected chi connectivity index (χ4v) is 0.972. The van der Waals surface area contributed by atoms with Crippen LogP contribution >= 0.6 is 11.6 Å². The van der Waals surface area contributed by atoms with Gasteiger partial charge < -0.3 is 4.74 Å². The van der Waals surface area contributed by atoms with Gasteiger partial charge in [-0.15, -0.1) is 0 Å². The van der Waals surface area contributed by atoms with Crippen LogP contribution in [0.2, 0.25) is 5.15 Å². The van der Waals surface area contributed by atoms with Crippen LogP contribution in [0.4, 0.5) is 0 Å². The predicted octanol–water partition coefficient (Wildman–Crippen LogP) is 1.19. The molecule has 0 saturated heterocycles. The van der Waals surface area contributed by atoms with Crippen molar-refractivity contribution in [2.45, 2.75) is 6.42 Å². The molecule has 68 valence electrons. The number of methoxy groups -OCH3 is 1. The summed E-state index contributed by atoms with van der Waals surface area (Å²) in [4.78, 5) is 7.88. The first-order chi connectivity index (χ1) is 6.27. The average molecular weight is 198 g/mol.